The zero-order valence-electron chi connectivity index (χ0n) is 10.2. The third-order valence-electron chi connectivity index (χ3n) is 2.74. The van der Waals surface area contributed by atoms with Crippen molar-refractivity contribution >= 4 is 28.3 Å². The smallest absolute Gasteiger partial charge is 0.126 e. The maximum absolute atomic E-state index is 13.5. The molecule has 2 aromatic rings. The summed E-state index contributed by atoms with van der Waals surface area (Å²) in [6, 6.07) is 15.3. The van der Waals surface area contributed by atoms with Crippen LogP contribution in [0.5, 0.6) is 0 Å². The first kappa shape index (κ1) is 13.3. The molecule has 18 heavy (non-hydrogen) atoms. The summed E-state index contributed by atoms with van der Waals surface area (Å²) in [5.41, 5.74) is 1.82. The molecule has 0 aliphatic carbocycles. The molecule has 0 amide bonds. The van der Waals surface area contributed by atoms with Gasteiger partial charge in [0, 0.05) is 15.3 Å². The molecule has 1 unspecified atom stereocenters. The number of halogens is 2. The van der Waals surface area contributed by atoms with Crippen molar-refractivity contribution < 1.29 is 4.39 Å². The Morgan fingerprint density at radius 1 is 1.11 bits per heavy atom. The average molecular weight is 355 g/mol. The maximum Gasteiger partial charge on any atom is 0.126 e. The van der Waals surface area contributed by atoms with E-state index in [-0.39, 0.29) is 11.9 Å². The van der Waals surface area contributed by atoms with Gasteiger partial charge < -0.3 is 5.32 Å². The van der Waals surface area contributed by atoms with Gasteiger partial charge in [0.1, 0.15) is 5.82 Å². The van der Waals surface area contributed by atoms with E-state index in [0.29, 0.717) is 6.42 Å². The summed E-state index contributed by atoms with van der Waals surface area (Å²) in [7, 11) is 0. The Balaban J connectivity index is 1.99. The lowest BCUT2D eigenvalue weighted by atomic mass is 10.1. The molecule has 2 aromatic carbocycles. The summed E-state index contributed by atoms with van der Waals surface area (Å²) in [5, 5.41) is 3.37. The third-order valence-corrected chi connectivity index (χ3v) is 3.46. The molecule has 0 radical (unpaired) electrons. The highest BCUT2D eigenvalue weighted by atomic mass is 127. The van der Waals surface area contributed by atoms with E-state index in [4.69, 9.17) is 0 Å². The van der Waals surface area contributed by atoms with Crippen LogP contribution in [0, 0.1) is 9.39 Å². The molecule has 94 valence electrons. The van der Waals surface area contributed by atoms with Crippen LogP contribution in [0.15, 0.2) is 48.5 Å². The second-order valence-electron chi connectivity index (χ2n) is 4.35. The molecule has 2 rings (SSSR count). The Morgan fingerprint density at radius 2 is 1.78 bits per heavy atom. The van der Waals surface area contributed by atoms with E-state index in [1.165, 1.54) is 9.64 Å². The second kappa shape index (κ2) is 6.18. The molecule has 3 heteroatoms. The molecule has 1 nitrogen and oxygen atoms in total. The highest BCUT2D eigenvalue weighted by Gasteiger charge is 2.07. The predicted octanol–water partition coefficient (Wildman–Crippen LogP) is 4.47. The second-order valence-corrected chi connectivity index (χ2v) is 5.59. The van der Waals surface area contributed by atoms with Crippen molar-refractivity contribution in [2.45, 2.75) is 19.4 Å². The van der Waals surface area contributed by atoms with Crippen molar-refractivity contribution in [3.05, 3.63) is 63.5 Å². The zero-order chi connectivity index (χ0) is 13.0. The molecule has 0 aliphatic rings. The van der Waals surface area contributed by atoms with E-state index in [1.54, 1.807) is 6.07 Å². The summed E-state index contributed by atoms with van der Waals surface area (Å²) in [6.07, 6.45) is 0.679. The molecule has 0 fully saturated rings. The minimum Gasteiger partial charge on any atom is -0.382 e. The van der Waals surface area contributed by atoms with Crippen molar-refractivity contribution in [3.63, 3.8) is 0 Å². The summed E-state index contributed by atoms with van der Waals surface area (Å²) in [6.45, 7) is 2.06. The quantitative estimate of drug-likeness (QED) is 0.798. The summed E-state index contributed by atoms with van der Waals surface area (Å²) in [4.78, 5) is 0. The molecular weight excluding hydrogens is 340 g/mol. The molecule has 0 aromatic heterocycles. The average Bonchev–Trinajstić information content (AvgIpc) is 2.35. The number of nitrogens with one attached hydrogen (secondary N) is 1. The van der Waals surface area contributed by atoms with Gasteiger partial charge in [-0.05, 0) is 71.8 Å². The van der Waals surface area contributed by atoms with Crippen molar-refractivity contribution in [3.8, 4) is 0 Å². The number of benzene rings is 2. The topological polar surface area (TPSA) is 12.0 Å². The van der Waals surface area contributed by atoms with Crippen molar-refractivity contribution in [1.82, 2.24) is 0 Å². The Hall–Kier alpha value is -1.10. The van der Waals surface area contributed by atoms with Gasteiger partial charge in [0.2, 0.25) is 0 Å². The van der Waals surface area contributed by atoms with Crippen LogP contribution in [0.3, 0.4) is 0 Å². The largest absolute Gasteiger partial charge is 0.382 e. The van der Waals surface area contributed by atoms with Crippen molar-refractivity contribution in [1.29, 1.82) is 0 Å². The fourth-order valence-corrected chi connectivity index (χ4v) is 2.24. The standard InChI is InChI=1S/C15H15FIN/c1-11(10-12-4-2-3-5-15(12)16)18-14-8-6-13(17)7-9-14/h2-9,11,18H,10H2,1H3. The fourth-order valence-electron chi connectivity index (χ4n) is 1.88. The minimum atomic E-state index is -0.131. The number of rotatable bonds is 4. The van der Waals surface area contributed by atoms with Crippen LogP contribution in [-0.2, 0) is 6.42 Å². The van der Waals surface area contributed by atoms with Crippen LogP contribution in [0.2, 0.25) is 0 Å². The summed E-state index contributed by atoms with van der Waals surface area (Å²) < 4.78 is 14.7. The SMILES string of the molecule is CC(Cc1ccccc1F)Nc1ccc(I)cc1. The van der Waals surface area contributed by atoms with Crippen LogP contribution in [0.25, 0.3) is 0 Å². The Bertz CT molecular complexity index is 510. The van der Waals surface area contributed by atoms with Gasteiger partial charge in [-0.3, -0.25) is 0 Å². The lowest BCUT2D eigenvalue weighted by Crippen LogP contribution is -2.18. The Kier molecular flexibility index (Phi) is 4.58. The minimum absolute atomic E-state index is 0.131. The lowest BCUT2D eigenvalue weighted by molar-refractivity contribution is 0.601. The van der Waals surface area contributed by atoms with E-state index in [0.717, 1.165) is 11.3 Å². The molecule has 0 aliphatic heterocycles. The van der Waals surface area contributed by atoms with Gasteiger partial charge in [0.25, 0.3) is 0 Å². The summed E-state index contributed by atoms with van der Waals surface area (Å²) in [5.74, 6) is -0.131. The summed E-state index contributed by atoms with van der Waals surface area (Å²) >= 11 is 2.28. The van der Waals surface area contributed by atoms with Gasteiger partial charge in [0.05, 0.1) is 0 Å². The first-order chi connectivity index (χ1) is 8.65. The van der Waals surface area contributed by atoms with Gasteiger partial charge in [0.15, 0.2) is 0 Å². The van der Waals surface area contributed by atoms with E-state index < -0.39 is 0 Å². The van der Waals surface area contributed by atoms with E-state index in [9.17, 15) is 4.39 Å². The normalized spacial score (nSPS) is 12.2. The van der Waals surface area contributed by atoms with E-state index in [2.05, 4.69) is 47.0 Å². The molecule has 0 bridgehead atoms. The fraction of sp³-hybridized carbons (Fsp3) is 0.200. The molecular formula is C15H15FIN. The third kappa shape index (κ3) is 3.70. The lowest BCUT2D eigenvalue weighted by Gasteiger charge is -2.15. The van der Waals surface area contributed by atoms with Crippen LogP contribution < -0.4 is 5.32 Å². The first-order valence-electron chi connectivity index (χ1n) is 5.90. The molecule has 1 N–H and O–H groups in total. The van der Waals surface area contributed by atoms with Crippen LogP contribution in [0.1, 0.15) is 12.5 Å². The van der Waals surface area contributed by atoms with E-state index >= 15 is 0 Å². The molecule has 0 heterocycles. The Labute approximate surface area is 121 Å². The highest BCUT2D eigenvalue weighted by molar-refractivity contribution is 14.1. The number of hydrogen-bond donors (Lipinski definition) is 1. The zero-order valence-corrected chi connectivity index (χ0v) is 12.3. The van der Waals surface area contributed by atoms with Crippen molar-refractivity contribution in [2.75, 3.05) is 5.32 Å². The van der Waals surface area contributed by atoms with Gasteiger partial charge in [-0.25, -0.2) is 4.39 Å². The number of hydrogen-bond acceptors (Lipinski definition) is 1. The van der Waals surface area contributed by atoms with Gasteiger partial charge in [-0.1, -0.05) is 18.2 Å². The maximum atomic E-state index is 13.5. The molecule has 0 spiro atoms. The van der Waals surface area contributed by atoms with Gasteiger partial charge >= 0.3 is 0 Å². The predicted molar refractivity (Wildman–Crippen MR) is 82.3 cm³/mol. The van der Waals surface area contributed by atoms with Gasteiger partial charge in [-0.15, -0.1) is 0 Å². The molecule has 1 atom stereocenters. The first-order valence-corrected chi connectivity index (χ1v) is 6.98. The molecule has 0 saturated carbocycles. The van der Waals surface area contributed by atoms with Crippen LogP contribution in [0.4, 0.5) is 10.1 Å². The monoisotopic (exact) mass is 355 g/mol. The van der Waals surface area contributed by atoms with E-state index in [1.807, 2.05) is 24.3 Å². The van der Waals surface area contributed by atoms with Crippen LogP contribution >= 0.6 is 22.6 Å². The van der Waals surface area contributed by atoms with Crippen LogP contribution in [-0.4, -0.2) is 6.04 Å². The number of anilines is 1. The molecule has 0 saturated heterocycles. The van der Waals surface area contributed by atoms with Gasteiger partial charge in [-0.2, -0.15) is 0 Å². The Morgan fingerprint density at radius 3 is 2.44 bits per heavy atom. The highest BCUT2D eigenvalue weighted by Crippen LogP contribution is 2.15. The van der Waals surface area contributed by atoms with Crippen molar-refractivity contribution in [2.24, 2.45) is 0 Å².